The van der Waals surface area contributed by atoms with E-state index >= 15 is 0 Å². The van der Waals surface area contributed by atoms with Gasteiger partial charge in [-0.05, 0) is 125 Å². The first-order valence-corrected chi connectivity index (χ1v) is 19.0. The van der Waals surface area contributed by atoms with Gasteiger partial charge in [0.25, 0.3) is 5.91 Å². The Balaban J connectivity index is 0.819. The molecule has 0 saturated carbocycles. The van der Waals surface area contributed by atoms with Crippen molar-refractivity contribution < 1.29 is 24.2 Å². The van der Waals surface area contributed by atoms with Gasteiger partial charge in [0.05, 0.1) is 6.61 Å². The monoisotopic (exact) mass is 719 g/mol. The molecule has 1 saturated heterocycles. The molecule has 0 unspecified atom stereocenters. The lowest BCUT2D eigenvalue weighted by Gasteiger charge is -2.40. The van der Waals surface area contributed by atoms with Gasteiger partial charge in [-0.2, -0.15) is 0 Å². The van der Waals surface area contributed by atoms with Crippen LogP contribution in [-0.2, 0) is 22.6 Å². The number of benzene rings is 5. The predicted octanol–water partition coefficient (Wildman–Crippen LogP) is 8.00. The van der Waals surface area contributed by atoms with Crippen LogP contribution < -0.4 is 15.4 Å². The number of piperidine rings is 1. The van der Waals surface area contributed by atoms with Gasteiger partial charge in [0, 0.05) is 43.2 Å². The molecule has 2 heterocycles. The minimum Gasteiger partial charge on any atom is -0.508 e. The largest absolute Gasteiger partial charge is 0.508 e. The summed E-state index contributed by atoms with van der Waals surface area (Å²) in [6, 6.07) is 39.3. The molecule has 2 aliphatic heterocycles. The van der Waals surface area contributed by atoms with E-state index in [1.165, 1.54) is 22.3 Å². The summed E-state index contributed by atoms with van der Waals surface area (Å²) in [5.74, 6) is 1.53. The minimum absolute atomic E-state index is 0.0908. The molecule has 3 aliphatic rings. The van der Waals surface area contributed by atoms with Crippen molar-refractivity contribution in [3.63, 3.8) is 0 Å². The Hall–Kier alpha value is -5.89. The first-order valence-electron chi connectivity index (χ1n) is 19.0. The summed E-state index contributed by atoms with van der Waals surface area (Å²) in [6.07, 6.45) is 5.27. The zero-order chi connectivity index (χ0) is 37.1. The van der Waals surface area contributed by atoms with Gasteiger partial charge in [0.2, 0.25) is 5.91 Å². The summed E-state index contributed by atoms with van der Waals surface area (Å²) in [4.78, 5) is 38.8. The molecule has 3 N–H and O–H groups in total. The molecule has 5 aromatic carbocycles. The molecule has 1 aliphatic carbocycles. The number of aromatic hydroxyl groups is 1. The number of hydrogen-bond donors (Lipinski definition) is 3. The van der Waals surface area contributed by atoms with Crippen LogP contribution in [0.4, 0.5) is 5.69 Å². The van der Waals surface area contributed by atoms with Crippen molar-refractivity contribution in [2.75, 3.05) is 25.0 Å². The number of carbonyl (C=O) groups excluding carboxylic acids is 3. The summed E-state index contributed by atoms with van der Waals surface area (Å²) in [7, 11) is 0. The zero-order valence-electron chi connectivity index (χ0n) is 30.3. The number of ether oxygens (including phenoxy) is 1. The van der Waals surface area contributed by atoms with E-state index in [1.807, 2.05) is 30.3 Å². The summed E-state index contributed by atoms with van der Waals surface area (Å²) in [5.41, 5.74) is 8.73. The molecule has 8 rings (SSSR count). The first-order chi connectivity index (χ1) is 26.4. The van der Waals surface area contributed by atoms with Crippen molar-refractivity contribution in [1.29, 1.82) is 0 Å². The molecule has 5 aromatic rings. The lowest BCUT2D eigenvalue weighted by atomic mass is 9.69. The number of amides is 2. The van der Waals surface area contributed by atoms with Gasteiger partial charge >= 0.3 is 0 Å². The van der Waals surface area contributed by atoms with Crippen molar-refractivity contribution in [2.24, 2.45) is 0 Å². The quantitative estimate of drug-likeness (QED) is 0.0892. The maximum Gasteiger partial charge on any atom is 0.255 e. The third-order valence-corrected chi connectivity index (χ3v) is 11.5. The van der Waals surface area contributed by atoms with Gasteiger partial charge in [-0.15, -0.1) is 0 Å². The highest BCUT2D eigenvalue weighted by atomic mass is 16.5. The minimum atomic E-state index is -1.00. The van der Waals surface area contributed by atoms with Crippen molar-refractivity contribution in [2.45, 2.75) is 62.4 Å². The number of aryl methyl sites for hydroxylation is 1. The number of aldehydes is 1. The van der Waals surface area contributed by atoms with Gasteiger partial charge < -0.3 is 30.2 Å². The van der Waals surface area contributed by atoms with Crippen molar-refractivity contribution in [1.82, 2.24) is 10.2 Å². The van der Waals surface area contributed by atoms with Crippen molar-refractivity contribution in [3.05, 3.63) is 149 Å². The Morgan fingerprint density at radius 2 is 1.63 bits per heavy atom. The van der Waals surface area contributed by atoms with E-state index in [0.717, 1.165) is 66.6 Å². The fourth-order valence-corrected chi connectivity index (χ4v) is 8.49. The summed E-state index contributed by atoms with van der Waals surface area (Å²) < 4.78 is 6.14. The number of anilines is 1. The molecule has 3 atom stereocenters. The average Bonchev–Trinajstić information content (AvgIpc) is 3.55. The van der Waals surface area contributed by atoms with Crippen LogP contribution in [0.5, 0.6) is 11.5 Å². The highest BCUT2D eigenvalue weighted by Gasteiger charge is 2.46. The second kappa shape index (κ2) is 15.2. The second-order valence-corrected chi connectivity index (χ2v) is 14.8. The van der Waals surface area contributed by atoms with Crippen LogP contribution in [0.15, 0.2) is 115 Å². The van der Waals surface area contributed by atoms with E-state index in [-0.39, 0.29) is 30.7 Å². The number of nitrogens with zero attached hydrogens (tertiary/aromatic N) is 1. The highest BCUT2D eigenvalue weighted by Crippen LogP contribution is 2.47. The van der Waals surface area contributed by atoms with Gasteiger partial charge in [-0.3, -0.25) is 9.59 Å². The van der Waals surface area contributed by atoms with E-state index in [0.29, 0.717) is 36.8 Å². The van der Waals surface area contributed by atoms with Gasteiger partial charge in [0.1, 0.15) is 23.3 Å². The van der Waals surface area contributed by atoms with Crippen LogP contribution in [0.3, 0.4) is 0 Å². The number of phenols is 1. The zero-order valence-corrected chi connectivity index (χ0v) is 30.3. The van der Waals surface area contributed by atoms with E-state index in [9.17, 15) is 19.5 Å². The molecule has 0 bridgehead atoms. The Morgan fingerprint density at radius 3 is 2.39 bits per heavy atom. The smallest absolute Gasteiger partial charge is 0.255 e. The number of unbranched alkanes of at least 4 members (excludes halogenated alkanes) is 1. The average molecular weight is 720 g/mol. The Kier molecular flexibility index (Phi) is 9.91. The SMILES string of the molecule is O=C[C@]1(N2Cc3cc(-c4ccc(NCCCCOc5ccc([C@@H]6c7ccc(O)cc7CC[C@@H]6c6ccccc6)cc5)cc4)ccc3C2=O)CCC(=O)NC1. The third-order valence-electron chi connectivity index (χ3n) is 11.5. The summed E-state index contributed by atoms with van der Waals surface area (Å²) >= 11 is 0. The maximum absolute atomic E-state index is 13.3. The number of rotatable bonds is 12. The van der Waals surface area contributed by atoms with E-state index in [4.69, 9.17) is 4.74 Å². The Bertz CT molecular complexity index is 2140. The number of nitrogens with one attached hydrogen (secondary N) is 2. The number of phenolic OH excluding ortho intramolecular Hbond substituents is 1. The molecule has 0 radical (unpaired) electrons. The van der Waals surface area contributed by atoms with Crippen molar-refractivity contribution >= 4 is 23.8 Å². The van der Waals surface area contributed by atoms with Crippen LogP contribution >= 0.6 is 0 Å². The fraction of sp³-hybridized carbons (Fsp3) is 0.283. The molecule has 1 fully saturated rings. The topological polar surface area (TPSA) is 108 Å². The molecule has 2 amide bonds. The lowest BCUT2D eigenvalue weighted by molar-refractivity contribution is -0.128. The molecule has 274 valence electrons. The first kappa shape index (κ1) is 35.2. The molecule has 0 aromatic heterocycles. The van der Waals surface area contributed by atoms with Gasteiger partial charge in [-0.25, -0.2) is 0 Å². The number of fused-ring (bicyclic) bond motifs is 2. The van der Waals surface area contributed by atoms with E-state index in [2.05, 4.69) is 95.6 Å². The third kappa shape index (κ3) is 7.08. The fourth-order valence-electron chi connectivity index (χ4n) is 8.49. The summed E-state index contributed by atoms with van der Waals surface area (Å²) in [5, 5.41) is 16.4. The van der Waals surface area contributed by atoms with Gasteiger partial charge in [0.15, 0.2) is 0 Å². The number of hydrogen-bond acceptors (Lipinski definition) is 6. The van der Waals surface area contributed by atoms with Crippen LogP contribution in [0.2, 0.25) is 0 Å². The Labute approximate surface area is 316 Å². The van der Waals surface area contributed by atoms with Crippen LogP contribution in [0.25, 0.3) is 11.1 Å². The van der Waals surface area contributed by atoms with Crippen molar-refractivity contribution in [3.8, 4) is 22.6 Å². The molecule has 8 nitrogen and oxygen atoms in total. The van der Waals surface area contributed by atoms with Crippen LogP contribution in [0.1, 0.15) is 82.1 Å². The van der Waals surface area contributed by atoms with Crippen LogP contribution in [0, 0.1) is 0 Å². The summed E-state index contributed by atoms with van der Waals surface area (Å²) in [6.45, 7) is 1.97. The molecule has 54 heavy (non-hydrogen) atoms. The maximum atomic E-state index is 13.3. The Morgan fingerprint density at radius 1 is 0.833 bits per heavy atom. The predicted molar refractivity (Wildman–Crippen MR) is 210 cm³/mol. The number of carbonyl (C=O) groups is 3. The molecule has 0 spiro atoms. The highest BCUT2D eigenvalue weighted by molar-refractivity contribution is 6.01. The lowest BCUT2D eigenvalue weighted by Crippen LogP contribution is -2.60. The normalized spacial score (nSPS) is 20.5. The standard InChI is InChI=1S/C46H45N3O5/c50-30-46(23-22-43(52)48-29-46)49-28-36-26-34(12-20-42(36)45(49)53)31-8-14-37(15-9-31)47-24-4-5-25-54-39-17-10-33(11-18-39)44-40(32-6-2-1-3-7-32)19-13-35-27-38(51)16-21-41(35)44/h1-3,6-12,14-18,20-21,26-27,30,40,44,47,51H,4-5,13,19,22-25,28-29H2,(H,48,52)/t40-,44+,46+/m1/s1. The van der Waals surface area contributed by atoms with Crippen LogP contribution in [-0.4, -0.2) is 53.3 Å². The van der Waals surface area contributed by atoms with Gasteiger partial charge in [-0.1, -0.05) is 66.7 Å². The second-order valence-electron chi connectivity index (χ2n) is 14.8. The molecular weight excluding hydrogens is 675 g/mol. The van der Waals surface area contributed by atoms with E-state index in [1.54, 1.807) is 4.90 Å². The molecule has 8 heteroatoms. The molecular formula is C46H45N3O5. The van der Waals surface area contributed by atoms with E-state index < -0.39 is 5.54 Å².